The van der Waals surface area contributed by atoms with Crippen LogP contribution in [0, 0.1) is 0 Å². The Hall–Kier alpha value is -2.64. The molecule has 1 atom stereocenters. The van der Waals surface area contributed by atoms with Gasteiger partial charge in [-0.05, 0) is 23.3 Å². The van der Waals surface area contributed by atoms with Crippen molar-refractivity contribution in [1.82, 2.24) is 9.55 Å². The fourth-order valence-corrected chi connectivity index (χ4v) is 2.90. The van der Waals surface area contributed by atoms with E-state index in [2.05, 4.69) is 4.98 Å². The van der Waals surface area contributed by atoms with Gasteiger partial charge in [0.2, 0.25) is 0 Å². The molecule has 0 amide bonds. The van der Waals surface area contributed by atoms with Gasteiger partial charge in [-0.25, -0.2) is 4.98 Å². The number of halogens is 3. The molecule has 26 heavy (non-hydrogen) atoms. The number of ether oxygens (including phenoxy) is 1. The molecule has 3 rings (SSSR count). The number of aromatic nitrogens is 2. The van der Waals surface area contributed by atoms with Crippen molar-refractivity contribution >= 4 is 0 Å². The molecule has 0 bridgehead atoms. The van der Waals surface area contributed by atoms with Gasteiger partial charge in [-0.15, -0.1) is 0 Å². The Morgan fingerprint density at radius 3 is 2.31 bits per heavy atom. The summed E-state index contributed by atoms with van der Waals surface area (Å²) in [4.78, 5) is 4.20. The van der Waals surface area contributed by atoms with Crippen LogP contribution in [0.3, 0.4) is 0 Å². The summed E-state index contributed by atoms with van der Waals surface area (Å²) >= 11 is 0. The summed E-state index contributed by atoms with van der Waals surface area (Å²) in [6.45, 7) is 0.101. The molecule has 4 nitrogen and oxygen atoms in total. The lowest BCUT2D eigenvalue weighted by molar-refractivity contribution is -0.137. The molecule has 3 aromatic rings. The van der Waals surface area contributed by atoms with Gasteiger partial charge in [-0.1, -0.05) is 42.5 Å². The van der Waals surface area contributed by atoms with Crippen molar-refractivity contribution in [2.45, 2.75) is 18.5 Å². The molecular formula is C19H17F3N2O2. The molecule has 0 spiro atoms. The summed E-state index contributed by atoms with van der Waals surface area (Å²) in [5.74, 6) is 0.171. The summed E-state index contributed by atoms with van der Waals surface area (Å²) in [6, 6.07) is 13.1. The largest absolute Gasteiger partial charge is 0.416 e. The van der Waals surface area contributed by atoms with Crippen molar-refractivity contribution in [2.24, 2.45) is 0 Å². The van der Waals surface area contributed by atoms with Crippen molar-refractivity contribution in [2.75, 3.05) is 7.11 Å². The number of hydrogen-bond acceptors (Lipinski definition) is 3. The zero-order chi connectivity index (χ0) is 18.8. The van der Waals surface area contributed by atoms with Gasteiger partial charge < -0.3 is 14.4 Å². The number of nitrogens with zero attached hydrogens (tertiary/aromatic N) is 2. The predicted octanol–water partition coefficient (Wildman–Crippen LogP) is 3.79. The minimum absolute atomic E-state index is 0.0714. The second kappa shape index (κ2) is 6.93. The maximum atomic E-state index is 13.2. The lowest BCUT2D eigenvalue weighted by Crippen LogP contribution is -2.33. The van der Waals surface area contributed by atoms with Crippen molar-refractivity contribution in [3.8, 4) is 0 Å². The van der Waals surface area contributed by atoms with Crippen LogP contribution in [0.25, 0.3) is 0 Å². The zero-order valence-corrected chi connectivity index (χ0v) is 13.9. The van der Waals surface area contributed by atoms with Gasteiger partial charge in [-0.2, -0.15) is 13.2 Å². The van der Waals surface area contributed by atoms with E-state index < -0.39 is 17.3 Å². The van der Waals surface area contributed by atoms with Crippen LogP contribution in [0.2, 0.25) is 0 Å². The molecule has 0 radical (unpaired) electrons. The van der Waals surface area contributed by atoms with E-state index in [9.17, 15) is 18.3 Å². The first-order valence-electron chi connectivity index (χ1n) is 7.83. The summed E-state index contributed by atoms with van der Waals surface area (Å²) < 4.78 is 46.2. The standard InChI is InChI=1S/C19H17F3N2O2/c1-26-13-24-11-10-23-17(24)18(25,14-6-3-2-4-7-14)15-8-5-9-16(12-15)19(20,21)22/h2-12,25H,13H2,1H3. The van der Waals surface area contributed by atoms with Crippen LogP contribution >= 0.6 is 0 Å². The van der Waals surface area contributed by atoms with E-state index >= 15 is 0 Å². The van der Waals surface area contributed by atoms with Gasteiger partial charge in [0.15, 0.2) is 11.4 Å². The second-order valence-electron chi connectivity index (χ2n) is 5.79. The molecule has 1 N–H and O–H groups in total. The SMILES string of the molecule is COCn1ccnc1C(O)(c1ccccc1)c1cccc(C(F)(F)F)c1. The Balaban J connectivity index is 2.24. The summed E-state index contributed by atoms with van der Waals surface area (Å²) in [6.07, 6.45) is -1.45. The Kier molecular flexibility index (Phi) is 4.84. The lowest BCUT2D eigenvalue weighted by atomic mass is 9.84. The number of aliphatic hydroxyl groups is 1. The summed E-state index contributed by atoms with van der Waals surface area (Å²) in [5.41, 5.74) is -2.23. The Labute approximate surface area is 148 Å². The average molecular weight is 362 g/mol. The number of hydrogen-bond donors (Lipinski definition) is 1. The van der Waals surface area contributed by atoms with E-state index in [1.807, 2.05) is 0 Å². The first kappa shape index (κ1) is 18.2. The van der Waals surface area contributed by atoms with E-state index in [-0.39, 0.29) is 18.1 Å². The normalized spacial score (nSPS) is 14.2. The van der Waals surface area contributed by atoms with Crippen LogP contribution < -0.4 is 0 Å². The molecule has 1 heterocycles. The number of benzene rings is 2. The number of rotatable bonds is 5. The highest BCUT2D eigenvalue weighted by Crippen LogP contribution is 2.38. The van der Waals surface area contributed by atoms with Crippen LogP contribution in [-0.2, 0) is 23.2 Å². The fraction of sp³-hybridized carbons (Fsp3) is 0.211. The van der Waals surface area contributed by atoms with Crippen molar-refractivity contribution < 1.29 is 23.0 Å². The third-order valence-corrected chi connectivity index (χ3v) is 4.11. The topological polar surface area (TPSA) is 47.3 Å². The van der Waals surface area contributed by atoms with Crippen LogP contribution in [0.4, 0.5) is 13.2 Å². The molecule has 0 aliphatic rings. The molecule has 0 saturated carbocycles. The number of alkyl halides is 3. The Bertz CT molecular complexity index is 878. The summed E-state index contributed by atoms with van der Waals surface area (Å²) in [7, 11) is 1.48. The van der Waals surface area contributed by atoms with Crippen LogP contribution in [-0.4, -0.2) is 21.8 Å². The van der Waals surface area contributed by atoms with Crippen molar-refractivity contribution in [1.29, 1.82) is 0 Å². The molecule has 0 aliphatic heterocycles. The van der Waals surface area contributed by atoms with Gasteiger partial charge in [0, 0.05) is 19.5 Å². The molecule has 2 aromatic carbocycles. The first-order valence-corrected chi connectivity index (χ1v) is 7.83. The maximum Gasteiger partial charge on any atom is 0.416 e. The molecule has 1 unspecified atom stereocenters. The molecule has 136 valence electrons. The summed E-state index contributed by atoms with van der Waals surface area (Å²) in [5, 5.41) is 11.6. The van der Waals surface area contributed by atoms with Crippen molar-refractivity contribution in [3.05, 3.63) is 89.5 Å². The highest BCUT2D eigenvalue weighted by molar-refractivity contribution is 5.44. The van der Waals surface area contributed by atoms with E-state index in [4.69, 9.17) is 4.74 Å². The minimum Gasteiger partial charge on any atom is -0.373 e. The minimum atomic E-state index is -4.52. The van der Waals surface area contributed by atoms with Crippen LogP contribution in [0.5, 0.6) is 0 Å². The van der Waals surface area contributed by atoms with E-state index in [1.165, 1.54) is 25.4 Å². The van der Waals surface area contributed by atoms with Gasteiger partial charge in [-0.3, -0.25) is 0 Å². The third kappa shape index (κ3) is 3.23. The Morgan fingerprint density at radius 1 is 1.00 bits per heavy atom. The molecule has 0 saturated heterocycles. The molecule has 0 fully saturated rings. The van der Waals surface area contributed by atoms with Crippen LogP contribution in [0.15, 0.2) is 67.0 Å². The first-order chi connectivity index (χ1) is 12.4. The quantitative estimate of drug-likeness (QED) is 0.751. The zero-order valence-electron chi connectivity index (χ0n) is 13.9. The predicted molar refractivity (Wildman–Crippen MR) is 89.2 cm³/mol. The number of methoxy groups -OCH3 is 1. The molecule has 1 aromatic heterocycles. The highest BCUT2D eigenvalue weighted by Gasteiger charge is 2.40. The lowest BCUT2D eigenvalue weighted by Gasteiger charge is -2.30. The monoisotopic (exact) mass is 362 g/mol. The van der Waals surface area contributed by atoms with Gasteiger partial charge >= 0.3 is 6.18 Å². The Morgan fingerprint density at radius 2 is 1.65 bits per heavy atom. The average Bonchev–Trinajstić information content (AvgIpc) is 3.10. The van der Waals surface area contributed by atoms with Crippen LogP contribution in [0.1, 0.15) is 22.5 Å². The fourth-order valence-electron chi connectivity index (χ4n) is 2.90. The van der Waals surface area contributed by atoms with Gasteiger partial charge in [0.25, 0.3) is 0 Å². The van der Waals surface area contributed by atoms with Crippen molar-refractivity contribution in [3.63, 3.8) is 0 Å². The maximum absolute atomic E-state index is 13.2. The van der Waals surface area contributed by atoms with E-state index in [0.717, 1.165) is 12.1 Å². The molecule has 7 heteroatoms. The smallest absolute Gasteiger partial charge is 0.373 e. The van der Waals surface area contributed by atoms with Gasteiger partial charge in [0.05, 0.1) is 5.56 Å². The molecule has 0 aliphatic carbocycles. The highest BCUT2D eigenvalue weighted by atomic mass is 19.4. The van der Waals surface area contributed by atoms with Gasteiger partial charge in [0.1, 0.15) is 6.73 Å². The van der Waals surface area contributed by atoms with E-state index in [0.29, 0.717) is 5.56 Å². The second-order valence-corrected chi connectivity index (χ2v) is 5.79. The third-order valence-electron chi connectivity index (χ3n) is 4.11. The van der Waals surface area contributed by atoms with E-state index in [1.54, 1.807) is 41.1 Å². The molecular weight excluding hydrogens is 345 g/mol. The number of imidazole rings is 1.